The Kier molecular flexibility index (Phi) is 7.41. The fourth-order valence-corrected chi connectivity index (χ4v) is 6.14. The number of aromatic nitrogens is 1. The van der Waals surface area contributed by atoms with E-state index in [1.807, 2.05) is 0 Å². The molecule has 2 heterocycles. The zero-order valence-electron chi connectivity index (χ0n) is 17.3. The van der Waals surface area contributed by atoms with E-state index in [0.29, 0.717) is 11.7 Å². The summed E-state index contributed by atoms with van der Waals surface area (Å²) in [4.78, 5) is 23.0. The van der Waals surface area contributed by atoms with Gasteiger partial charge in [0.15, 0.2) is 5.13 Å². The van der Waals surface area contributed by atoms with Crippen LogP contribution in [0.2, 0.25) is 0 Å². The fraction of sp³-hybridized carbons (Fsp3) is 0.500. The van der Waals surface area contributed by atoms with Crippen molar-refractivity contribution in [2.24, 2.45) is 5.92 Å². The van der Waals surface area contributed by atoms with Gasteiger partial charge in [0.25, 0.3) is 0 Å². The third-order valence-electron chi connectivity index (χ3n) is 5.64. The standard InChI is InChI=1S/C22H28N4OS3/c1-16-7-8-18-19(13-16)30-21(23-18)24-20(27)15-29-22(28)26-11-9-25(10-12-26)14-17-5-3-2-4-6-17/h2-6,16H,7-15H2,1H3,(H,23,24,27). The van der Waals surface area contributed by atoms with Crippen LogP contribution >= 0.6 is 35.3 Å². The van der Waals surface area contributed by atoms with Crippen LogP contribution in [0.4, 0.5) is 5.13 Å². The van der Waals surface area contributed by atoms with Crippen LogP contribution < -0.4 is 5.32 Å². The minimum absolute atomic E-state index is 0.0239. The summed E-state index contributed by atoms with van der Waals surface area (Å²) in [5.74, 6) is 1.02. The number of piperazine rings is 1. The highest BCUT2D eigenvalue weighted by Crippen LogP contribution is 2.32. The van der Waals surface area contributed by atoms with E-state index < -0.39 is 0 Å². The number of nitrogens with zero attached hydrogens (tertiary/aromatic N) is 3. The average Bonchev–Trinajstić information content (AvgIpc) is 3.14. The van der Waals surface area contributed by atoms with Gasteiger partial charge in [0.2, 0.25) is 5.91 Å². The van der Waals surface area contributed by atoms with Crippen LogP contribution in [0.3, 0.4) is 0 Å². The van der Waals surface area contributed by atoms with E-state index in [1.165, 1.54) is 34.3 Å². The smallest absolute Gasteiger partial charge is 0.236 e. The maximum Gasteiger partial charge on any atom is 0.236 e. The number of amides is 1. The number of fused-ring (bicyclic) bond motifs is 1. The molecule has 1 fully saturated rings. The lowest BCUT2D eigenvalue weighted by Crippen LogP contribution is -2.47. The monoisotopic (exact) mass is 460 g/mol. The number of aryl methyl sites for hydroxylation is 1. The Morgan fingerprint density at radius 1 is 1.27 bits per heavy atom. The van der Waals surface area contributed by atoms with Crippen molar-refractivity contribution in [1.29, 1.82) is 0 Å². The number of carbonyl (C=O) groups excluding carboxylic acids is 1. The highest BCUT2D eigenvalue weighted by Gasteiger charge is 2.22. The molecule has 1 aromatic carbocycles. The van der Waals surface area contributed by atoms with Crippen LogP contribution in [0.25, 0.3) is 0 Å². The Labute approximate surface area is 192 Å². The second-order valence-electron chi connectivity index (χ2n) is 8.09. The van der Waals surface area contributed by atoms with Gasteiger partial charge in [-0.25, -0.2) is 4.98 Å². The predicted octanol–water partition coefficient (Wildman–Crippen LogP) is 4.04. The number of benzene rings is 1. The Bertz CT molecular complexity index is 878. The molecule has 30 heavy (non-hydrogen) atoms. The maximum atomic E-state index is 12.4. The van der Waals surface area contributed by atoms with E-state index in [-0.39, 0.29) is 5.91 Å². The van der Waals surface area contributed by atoms with Gasteiger partial charge in [-0.15, -0.1) is 11.3 Å². The summed E-state index contributed by atoms with van der Waals surface area (Å²) in [6, 6.07) is 10.6. The van der Waals surface area contributed by atoms with Crippen LogP contribution in [-0.2, 0) is 24.2 Å². The maximum absolute atomic E-state index is 12.4. The number of hydrogen-bond donors (Lipinski definition) is 1. The summed E-state index contributed by atoms with van der Waals surface area (Å²) < 4.78 is 0.816. The minimum atomic E-state index is -0.0239. The van der Waals surface area contributed by atoms with Crippen molar-refractivity contribution >= 4 is 50.7 Å². The van der Waals surface area contributed by atoms with Crippen molar-refractivity contribution in [3.8, 4) is 0 Å². The molecular weight excluding hydrogens is 432 g/mol. The van der Waals surface area contributed by atoms with Crippen molar-refractivity contribution in [3.63, 3.8) is 0 Å². The first kappa shape index (κ1) is 21.7. The van der Waals surface area contributed by atoms with Gasteiger partial charge in [-0.2, -0.15) is 0 Å². The van der Waals surface area contributed by atoms with E-state index in [4.69, 9.17) is 12.2 Å². The van der Waals surface area contributed by atoms with E-state index >= 15 is 0 Å². The molecular formula is C22H28N4OS3. The van der Waals surface area contributed by atoms with Crippen molar-refractivity contribution in [1.82, 2.24) is 14.8 Å². The Hall–Kier alpha value is -1.48. The zero-order chi connectivity index (χ0) is 20.9. The summed E-state index contributed by atoms with van der Waals surface area (Å²) in [7, 11) is 0. The van der Waals surface area contributed by atoms with Gasteiger partial charge in [-0.3, -0.25) is 9.69 Å². The van der Waals surface area contributed by atoms with Crippen LogP contribution in [0.15, 0.2) is 30.3 Å². The molecule has 1 aliphatic heterocycles. The van der Waals surface area contributed by atoms with Gasteiger partial charge < -0.3 is 10.2 Å². The number of thioether (sulfide) groups is 1. The van der Waals surface area contributed by atoms with Crippen LogP contribution in [-0.4, -0.2) is 56.9 Å². The number of rotatable bonds is 5. The van der Waals surface area contributed by atoms with Crippen molar-refractivity contribution in [2.45, 2.75) is 32.7 Å². The topological polar surface area (TPSA) is 48.5 Å². The highest BCUT2D eigenvalue weighted by molar-refractivity contribution is 8.23. The van der Waals surface area contributed by atoms with E-state index in [0.717, 1.165) is 55.0 Å². The summed E-state index contributed by atoms with van der Waals surface area (Å²) in [6.07, 6.45) is 3.29. The number of thiocarbonyl (C=S) groups is 1. The second kappa shape index (κ2) is 10.2. The molecule has 1 atom stereocenters. The normalized spacial score (nSPS) is 19.4. The van der Waals surface area contributed by atoms with Crippen molar-refractivity contribution in [2.75, 3.05) is 37.2 Å². The molecule has 0 saturated carbocycles. The lowest BCUT2D eigenvalue weighted by molar-refractivity contribution is -0.113. The number of thiazole rings is 1. The SMILES string of the molecule is CC1CCc2nc(NC(=O)CSC(=S)N3CCN(Cc4ccccc4)CC3)sc2C1. The number of hydrogen-bond acceptors (Lipinski definition) is 6. The molecule has 1 aromatic heterocycles. The predicted molar refractivity (Wildman–Crippen MR) is 130 cm³/mol. The lowest BCUT2D eigenvalue weighted by Gasteiger charge is -2.35. The summed E-state index contributed by atoms with van der Waals surface area (Å²) in [6.45, 7) is 7.07. The van der Waals surface area contributed by atoms with Gasteiger partial charge in [0.05, 0.1) is 11.4 Å². The third-order valence-corrected chi connectivity index (χ3v) is 8.20. The van der Waals surface area contributed by atoms with Crippen LogP contribution in [0.5, 0.6) is 0 Å². The van der Waals surface area contributed by atoms with Crippen molar-refractivity contribution < 1.29 is 4.79 Å². The fourth-order valence-electron chi connectivity index (χ4n) is 3.90. The van der Waals surface area contributed by atoms with Crippen LogP contribution in [0, 0.1) is 5.92 Å². The molecule has 1 unspecified atom stereocenters. The second-order valence-corrected chi connectivity index (χ2v) is 10.8. The first-order valence-corrected chi connectivity index (χ1v) is 12.7. The first-order valence-electron chi connectivity index (χ1n) is 10.5. The van der Waals surface area contributed by atoms with E-state index in [1.54, 1.807) is 11.3 Å². The molecule has 5 nitrogen and oxygen atoms in total. The molecule has 160 valence electrons. The zero-order valence-corrected chi connectivity index (χ0v) is 19.8. The molecule has 1 N–H and O–H groups in total. The minimum Gasteiger partial charge on any atom is -0.355 e. The van der Waals surface area contributed by atoms with E-state index in [9.17, 15) is 4.79 Å². The van der Waals surface area contributed by atoms with Gasteiger partial charge in [0.1, 0.15) is 4.32 Å². The number of nitrogens with one attached hydrogen (secondary N) is 1. The Morgan fingerprint density at radius 3 is 2.80 bits per heavy atom. The molecule has 1 saturated heterocycles. The molecule has 4 rings (SSSR count). The third kappa shape index (κ3) is 5.81. The molecule has 2 aliphatic rings. The highest BCUT2D eigenvalue weighted by atomic mass is 32.2. The van der Waals surface area contributed by atoms with Gasteiger partial charge in [-0.1, -0.05) is 61.2 Å². The molecule has 8 heteroatoms. The van der Waals surface area contributed by atoms with Gasteiger partial charge >= 0.3 is 0 Å². The largest absolute Gasteiger partial charge is 0.355 e. The van der Waals surface area contributed by atoms with Gasteiger partial charge in [0, 0.05) is 37.6 Å². The van der Waals surface area contributed by atoms with E-state index in [2.05, 4.69) is 57.4 Å². The van der Waals surface area contributed by atoms with Gasteiger partial charge in [-0.05, 0) is 30.7 Å². The Balaban J connectivity index is 1.18. The number of carbonyl (C=O) groups is 1. The molecule has 0 bridgehead atoms. The van der Waals surface area contributed by atoms with Crippen LogP contribution in [0.1, 0.15) is 29.5 Å². The summed E-state index contributed by atoms with van der Waals surface area (Å²) >= 11 is 8.67. The lowest BCUT2D eigenvalue weighted by atomic mass is 9.93. The molecule has 2 aromatic rings. The molecule has 0 spiro atoms. The van der Waals surface area contributed by atoms with Crippen molar-refractivity contribution in [3.05, 3.63) is 46.5 Å². The molecule has 1 aliphatic carbocycles. The number of anilines is 1. The molecule has 1 amide bonds. The average molecular weight is 461 g/mol. The summed E-state index contributed by atoms with van der Waals surface area (Å²) in [5.41, 5.74) is 2.52. The summed E-state index contributed by atoms with van der Waals surface area (Å²) in [5, 5.41) is 3.70. The quantitative estimate of drug-likeness (QED) is 0.680. The first-order chi connectivity index (χ1) is 14.6. The molecule has 0 radical (unpaired) electrons. The Morgan fingerprint density at radius 2 is 2.03 bits per heavy atom.